The largest absolute Gasteiger partial charge is 0.434 e. The fraction of sp³-hybridized carbons (Fsp3) is 0.310. The normalized spacial score (nSPS) is 20.9. The molecule has 1 saturated carbocycles. The van der Waals surface area contributed by atoms with Crippen molar-refractivity contribution in [1.82, 2.24) is 14.9 Å². The maximum absolute atomic E-state index is 13.2. The number of rotatable bonds is 4. The van der Waals surface area contributed by atoms with Crippen LogP contribution in [0.4, 0.5) is 8.78 Å². The summed E-state index contributed by atoms with van der Waals surface area (Å²) >= 11 is 0. The predicted molar refractivity (Wildman–Crippen MR) is 132 cm³/mol. The number of amides is 1. The van der Waals surface area contributed by atoms with Crippen LogP contribution in [0.3, 0.4) is 0 Å². The highest BCUT2D eigenvalue weighted by Crippen LogP contribution is 2.47. The van der Waals surface area contributed by atoms with E-state index in [2.05, 4.69) is 46.3 Å². The van der Waals surface area contributed by atoms with E-state index in [-0.39, 0.29) is 23.7 Å². The van der Waals surface area contributed by atoms with Crippen LogP contribution < -0.4 is 10.1 Å². The number of hydrogen-bond acceptors (Lipinski definition) is 3. The molecule has 7 rings (SSSR count). The van der Waals surface area contributed by atoms with Crippen LogP contribution in [-0.4, -0.2) is 22.1 Å². The van der Waals surface area contributed by atoms with E-state index in [0.717, 1.165) is 28.0 Å². The van der Waals surface area contributed by atoms with E-state index in [9.17, 15) is 13.6 Å². The van der Waals surface area contributed by atoms with E-state index in [0.29, 0.717) is 23.5 Å². The smallest absolute Gasteiger partial charge is 0.387 e. The number of nitrogens with one attached hydrogen (secondary N) is 1. The van der Waals surface area contributed by atoms with Gasteiger partial charge in [-0.05, 0) is 66.1 Å². The van der Waals surface area contributed by atoms with Crippen LogP contribution >= 0.6 is 0 Å². The number of nitrogens with zero attached hydrogens (tertiary/aromatic N) is 2. The molecular weight excluding hydrogens is 460 g/mol. The van der Waals surface area contributed by atoms with E-state index in [1.807, 2.05) is 6.07 Å². The number of alkyl halides is 2. The van der Waals surface area contributed by atoms with Gasteiger partial charge >= 0.3 is 6.61 Å². The average molecular weight is 486 g/mol. The van der Waals surface area contributed by atoms with Crippen LogP contribution in [0.25, 0.3) is 22.2 Å². The number of carbonyl (C=O) groups is 1. The second-order valence-corrected chi connectivity index (χ2v) is 10.0. The van der Waals surface area contributed by atoms with E-state index in [4.69, 9.17) is 9.72 Å². The Balaban J connectivity index is 1.34. The van der Waals surface area contributed by atoms with Gasteiger partial charge in [-0.25, -0.2) is 4.98 Å². The molecule has 1 fully saturated rings. The molecule has 1 aliphatic carbocycles. The zero-order valence-electron chi connectivity index (χ0n) is 19.6. The Hall–Kier alpha value is -3.74. The number of carbonyl (C=O) groups excluding carboxylic acids is 1. The lowest BCUT2D eigenvalue weighted by atomic mass is 9.95. The maximum Gasteiger partial charge on any atom is 0.387 e. The monoisotopic (exact) mass is 485 g/mol. The lowest BCUT2D eigenvalue weighted by molar-refractivity contribution is -0.0507. The van der Waals surface area contributed by atoms with Gasteiger partial charge in [0.05, 0.1) is 23.1 Å². The Kier molecular flexibility index (Phi) is 4.88. The first-order valence-electron chi connectivity index (χ1n) is 12.6. The topological polar surface area (TPSA) is 56.1 Å². The summed E-state index contributed by atoms with van der Waals surface area (Å²) in [5.74, 6) is 1.16. The number of imidazole rings is 1. The Bertz CT molecular complexity index is 1490. The van der Waals surface area contributed by atoms with Crippen LogP contribution in [0.15, 0.2) is 60.7 Å². The van der Waals surface area contributed by atoms with Crippen molar-refractivity contribution in [2.75, 3.05) is 0 Å². The summed E-state index contributed by atoms with van der Waals surface area (Å²) < 4.78 is 33.5. The molecule has 2 bridgehead atoms. The molecule has 3 aromatic carbocycles. The summed E-state index contributed by atoms with van der Waals surface area (Å²) in [5.41, 5.74) is 6.20. The van der Waals surface area contributed by atoms with Gasteiger partial charge in [0.1, 0.15) is 11.6 Å². The zero-order chi connectivity index (χ0) is 24.4. The summed E-state index contributed by atoms with van der Waals surface area (Å²) in [6, 6.07) is 19.2. The molecule has 1 amide bonds. The fourth-order valence-corrected chi connectivity index (χ4v) is 6.40. The van der Waals surface area contributed by atoms with Crippen LogP contribution in [0.5, 0.6) is 5.75 Å². The molecule has 3 aliphatic rings. The molecule has 3 heterocycles. The number of benzene rings is 3. The number of ether oxygens (including phenoxy) is 1. The molecule has 0 saturated heterocycles. The van der Waals surface area contributed by atoms with E-state index >= 15 is 0 Å². The number of hydrogen-bond donors (Lipinski definition) is 1. The molecule has 36 heavy (non-hydrogen) atoms. The molecule has 1 N–H and O–H groups in total. The van der Waals surface area contributed by atoms with Gasteiger partial charge in [-0.1, -0.05) is 49.2 Å². The van der Waals surface area contributed by atoms with Gasteiger partial charge in [-0.3, -0.25) is 4.79 Å². The molecule has 7 heteroatoms. The zero-order valence-corrected chi connectivity index (χ0v) is 19.6. The minimum atomic E-state index is -2.97. The molecule has 2 atom stereocenters. The Morgan fingerprint density at radius 2 is 1.78 bits per heavy atom. The van der Waals surface area contributed by atoms with E-state index in [1.54, 1.807) is 12.1 Å². The van der Waals surface area contributed by atoms with E-state index < -0.39 is 6.61 Å². The minimum Gasteiger partial charge on any atom is -0.434 e. The third-order valence-electron chi connectivity index (χ3n) is 8.04. The second kappa shape index (κ2) is 8.15. The van der Waals surface area contributed by atoms with Crippen LogP contribution in [0, 0.1) is 0 Å². The Labute approximate surface area is 207 Å². The van der Waals surface area contributed by atoms with Gasteiger partial charge < -0.3 is 14.6 Å². The van der Waals surface area contributed by atoms with Crippen molar-refractivity contribution in [1.29, 1.82) is 0 Å². The molecule has 182 valence electrons. The summed E-state index contributed by atoms with van der Waals surface area (Å²) in [6.07, 6.45) is 5.70. The molecule has 2 aliphatic heterocycles. The highest BCUT2D eigenvalue weighted by molar-refractivity contribution is 5.98. The highest BCUT2D eigenvalue weighted by atomic mass is 19.3. The van der Waals surface area contributed by atoms with Crippen molar-refractivity contribution in [3.8, 4) is 16.9 Å². The number of fused-ring (bicyclic) bond motifs is 9. The fourth-order valence-electron chi connectivity index (χ4n) is 6.40. The van der Waals surface area contributed by atoms with Crippen LogP contribution in [-0.2, 0) is 0 Å². The molecule has 4 aromatic rings. The van der Waals surface area contributed by atoms with Gasteiger partial charge in [0.15, 0.2) is 0 Å². The minimum absolute atomic E-state index is 0.0386. The number of aromatic nitrogens is 2. The Morgan fingerprint density at radius 1 is 1.00 bits per heavy atom. The molecule has 0 radical (unpaired) electrons. The van der Waals surface area contributed by atoms with E-state index in [1.165, 1.54) is 37.3 Å². The third kappa shape index (κ3) is 3.33. The standard InChI is InChI=1S/C29H25F2N3O2/c30-29(31)36-25-7-3-6-20-26(25)24-15-22(33-28(20)35)27-32-21-13-12-19(14-23(21)34(24)27)18-10-8-17(9-11-18)16-4-1-2-5-16/h3,6-14,16,22,24,29H,1-2,4-5,15H2,(H,33,35)/t22-,24-/m1/s1. The number of halogens is 2. The first-order chi connectivity index (χ1) is 17.6. The first kappa shape index (κ1) is 21.5. The lowest BCUT2D eigenvalue weighted by Gasteiger charge is -2.21. The van der Waals surface area contributed by atoms with Gasteiger partial charge in [0.25, 0.3) is 5.91 Å². The second-order valence-electron chi connectivity index (χ2n) is 10.0. The maximum atomic E-state index is 13.2. The molecule has 5 nitrogen and oxygen atoms in total. The summed E-state index contributed by atoms with van der Waals surface area (Å²) in [6.45, 7) is -2.97. The highest BCUT2D eigenvalue weighted by Gasteiger charge is 2.42. The summed E-state index contributed by atoms with van der Waals surface area (Å²) in [5, 5.41) is 3.04. The van der Waals surface area contributed by atoms with Crippen LogP contribution in [0.2, 0.25) is 0 Å². The quantitative estimate of drug-likeness (QED) is 0.348. The van der Waals surface area contributed by atoms with Crippen molar-refractivity contribution in [3.63, 3.8) is 0 Å². The predicted octanol–water partition coefficient (Wildman–Crippen LogP) is 6.74. The third-order valence-corrected chi connectivity index (χ3v) is 8.04. The average Bonchev–Trinajstić information content (AvgIpc) is 3.59. The summed E-state index contributed by atoms with van der Waals surface area (Å²) in [4.78, 5) is 17.8. The molecule has 0 spiro atoms. The van der Waals surface area contributed by atoms with Gasteiger partial charge in [-0.15, -0.1) is 0 Å². The molecule has 1 aromatic heterocycles. The lowest BCUT2D eigenvalue weighted by Crippen LogP contribution is -2.28. The first-order valence-corrected chi connectivity index (χ1v) is 12.6. The van der Waals surface area contributed by atoms with Crippen molar-refractivity contribution < 1.29 is 18.3 Å². The SMILES string of the molecule is O=C1N[C@@H]2C[C@H](c3c(OC(F)F)cccc31)n1c2nc2ccc(-c3ccc(C4CCCC4)cc3)cc21. The van der Waals surface area contributed by atoms with Gasteiger partial charge in [0.2, 0.25) is 0 Å². The van der Waals surface area contributed by atoms with Crippen LogP contribution in [0.1, 0.15) is 77.4 Å². The Morgan fingerprint density at radius 3 is 2.56 bits per heavy atom. The van der Waals surface area contributed by atoms with Gasteiger partial charge in [-0.2, -0.15) is 8.78 Å². The molecular formula is C29H25F2N3O2. The van der Waals surface area contributed by atoms with Gasteiger partial charge in [0, 0.05) is 11.1 Å². The van der Waals surface area contributed by atoms with Crippen molar-refractivity contribution in [3.05, 3.63) is 83.2 Å². The van der Waals surface area contributed by atoms with Crippen molar-refractivity contribution in [2.45, 2.75) is 56.7 Å². The molecule has 0 unspecified atom stereocenters. The summed E-state index contributed by atoms with van der Waals surface area (Å²) in [7, 11) is 0. The van der Waals surface area contributed by atoms with Crippen molar-refractivity contribution >= 4 is 16.9 Å². The van der Waals surface area contributed by atoms with Crippen molar-refractivity contribution in [2.24, 2.45) is 0 Å².